The Bertz CT molecular complexity index is 156. The topological polar surface area (TPSA) is 12.0 Å². The van der Waals surface area contributed by atoms with Crippen molar-refractivity contribution in [2.24, 2.45) is 11.3 Å². The van der Waals surface area contributed by atoms with Crippen LogP contribution in [0.3, 0.4) is 0 Å². The van der Waals surface area contributed by atoms with Gasteiger partial charge in [0, 0.05) is 6.04 Å². The molecule has 1 nitrogen and oxygen atoms in total. The monoisotopic (exact) mass is 167 g/mol. The van der Waals surface area contributed by atoms with Crippen molar-refractivity contribution in [3.05, 3.63) is 0 Å². The van der Waals surface area contributed by atoms with Gasteiger partial charge < -0.3 is 5.32 Å². The molecule has 2 aliphatic rings. The van der Waals surface area contributed by atoms with Gasteiger partial charge in [-0.3, -0.25) is 0 Å². The molecule has 1 N–H and O–H groups in total. The number of hydrogen-bond acceptors (Lipinski definition) is 1. The first-order chi connectivity index (χ1) is 5.73. The molecule has 0 aromatic heterocycles. The molecule has 1 heteroatoms. The molecule has 0 aromatic rings. The Morgan fingerprint density at radius 1 is 1.33 bits per heavy atom. The SMILES string of the molecule is CC(C)NCC1CC12CCCC2. The van der Waals surface area contributed by atoms with Crippen molar-refractivity contribution < 1.29 is 0 Å². The van der Waals surface area contributed by atoms with Crippen molar-refractivity contribution >= 4 is 0 Å². The Morgan fingerprint density at radius 2 is 2.00 bits per heavy atom. The van der Waals surface area contributed by atoms with Crippen LogP contribution in [0.4, 0.5) is 0 Å². The van der Waals surface area contributed by atoms with Crippen molar-refractivity contribution in [1.29, 1.82) is 0 Å². The van der Waals surface area contributed by atoms with Crippen LogP contribution < -0.4 is 5.32 Å². The van der Waals surface area contributed by atoms with Crippen molar-refractivity contribution in [1.82, 2.24) is 5.32 Å². The van der Waals surface area contributed by atoms with Gasteiger partial charge in [0.1, 0.15) is 0 Å². The van der Waals surface area contributed by atoms with E-state index in [-0.39, 0.29) is 0 Å². The molecule has 12 heavy (non-hydrogen) atoms. The highest BCUT2D eigenvalue weighted by Gasteiger charge is 2.54. The van der Waals surface area contributed by atoms with Crippen LogP contribution in [0.5, 0.6) is 0 Å². The van der Waals surface area contributed by atoms with Gasteiger partial charge in [0.05, 0.1) is 0 Å². The minimum absolute atomic E-state index is 0.670. The molecular weight excluding hydrogens is 146 g/mol. The molecule has 0 saturated heterocycles. The molecular formula is C11H21N. The summed E-state index contributed by atoms with van der Waals surface area (Å²) in [4.78, 5) is 0. The summed E-state index contributed by atoms with van der Waals surface area (Å²) >= 11 is 0. The number of hydrogen-bond donors (Lipinski definition) is 1. The van der Waals surface area contributed by atoms with Gasteiger partial charge in [-0.25, -0.2) is 0 Å². The van der Waals surface area contributed by atoms with Crippen LogP contribution in [0.25, 0.3) is 0 Å². The normalized spacial score (nSPS) is 31.8. The van der Waals surface area contributed by atoms with Gasteiger partial charge in [-0.15, -0.1) is 0 Å². The Kier molecular flexibility index (Phi) is 2.16. The number of nitrogens with one attached hydrogen (secondary N) is 1. The lowest BCUT2D eigenvalue weighted by atomic mass is 10.0. The van der Waals surface area contributed by atoms with Crippen molar-refractivity contribution in [2.75, 3.05) is 6.54 Å². The molecule has 0 amide bonds. The molecule has 1 spiro atoms. The van der Waals surface area contributed by atoms with Crippen LogP contribution >= 0.6 is 0 Å². The second-order valence-corrected chi connectivity index (χ2v) is 5.03. The first-order valence-corrected chi connectivity index (χ1v) is 5.46. The third kappa shape index (κ3) is 1.52. The molecule has 2 saturated carbocycles. The fourth-order valence-electron chi connectivity index (χ4n) is 2.79. The van der Waals surface area contributed by atoms with E-state index < -0.39 is 0 Å². The average Bonchev–Trinajstić information content (AvgIpc) is 2.42. The molecule has 1 unspecified atom stereocenters. The van der Waals surface area contributed by atoms with Crippen LogP contribution in [0.1, 0.15) is 46.0 Å². The quantitative estimate of drug-likeness (QED) is 0.681. The van der Waals surface area contributed by atoms with Crippen molar-refractivity contribution in [3.63, 3.8) is 0 Å². The Hall–Kier alpha value is -0.0400. The van der Waals surface area contributed by atoms with Gasteiger partial charge >= 0.3 is 0 Å². The van der Waals surface area contributed by atoms with Crippen LogP contribution in [-0.2, 0) is 0 Å². The van der Waals surface area contributed by atoms with E-state index in [1.54, 1.807) is 0 Å². The van der Waals surface area contributed by atoms with E-state index in [9.17, 15) is 0 Å². The molecule has 70 valence electrons. The Balaban J connectivity index is 1.72. The summed E-state index contributed by atoms with van der Waals surface area (Å²) in [5.74, 6) is 1.03. The molecule has 2 fully saturated rings. The van der Waals surface area contributed by atoms with Gasteiger partial charge in [-0.05, 0) is 37.1 Å². The third-order valence-corrected chi connectivity index (χ3v) is 3.73. The van der Waals surface area contributed by atoms with E-state index in [0.29, 0.717) is 6.04 Å². The summed E-state index contributed by atoms with van der Waals surface area (Å²) in [6.45, 7) is 5.76. The zero-order chi connectivity index (χ0) is 8.60. The predicted molar refractivity (Wildman–Crippen MR) is 52.1 cm³/mol. The fourth-order valence-corrected chi connectivity index (χ4v) is 2.79. The van der Waals surface area contributed by atoms with Crippen molar-refractivity contribution in [2.45, 2.75) is 52.0 Å². The molecule has 0 aromatic carbocycles. The van der Waals surface area contributed by atoms with Gasteiger partial charge in [-0.2, -0.15) is 0 Å². The van der Waals surface area contributed by atoms with E-state index in [1.807, 2.05) is 0 Å². The minimum atomic E-state index is 0.670. The Labute approximate surface area is 75.9 Å². The lowest BCUT2D eigenvalue weighted by Crippen LogP contribution is -2.26. The summed E-state index contributed by atoms with van der Waals surface area (Å²) in [5, 5.41) is 3.56. The summed E-state index contributed by atoms with van der Waals surface area (Å²) in [6.07, 6.45) is 7.57. The van der Waals surface area contributed by atoms with E-state index in [4.69, 9.17) is 0 Å². The molecule has 0 aliphatic heterocycles. The summed E-state index contributed by atoms with van der Waals surface area (Å²) in [6, 6.07) is 0.670. The predicted octanol–water partition coefficient (Wildman–Crippen LogP) is 2.56. The molecule has 1 atom stereocenters. The lowest BCUT2D eigenvalue weighted by Gasteiger charge is -2.10. The molecule has 2 rings (SSSR count). The molecule has 0 bridgehead atoms. The van der Waals surface area contributed by atoms with Crippen LogP contribution in [0.2, 0.25) is 0 Å². The average molecular weight is 167 g/mol. The van der Waals surface area contributed by atoms with E-state index in [0.717, 1.165) is 11.3 Å². The lowest BCUT2D eigenvalue weighted by molar-refractivity contribution is 0.439. The van der Waals surface area contributed by atoms with Gasteiger partial charge in [-0.1, -0.05) is 26.7 Å². The second-order valence-electron chi connectivity index (χ2n) is 5.03. The van der Waals surface area contributed by atoms with Crippen molar-refractivity contribution in [3.8, 4) is 0 Å². The highest BCUT2D eigenvalue weighted by molar-refractivity contribution is 5.05. The molecule has 2 aliphatic carbocycles. The zero-order valence-corrected chi connectivity index (χ0v) is 8.40. The first kappa shape index (κ1) is 8.55. The summed E-state index contributed by atoms with van der Waals surface area (Å²) in [5.41, 5.74) is 0.835. The van der Waals surface area contributed by atoms with Crippen LogP contribution in [-0.4, -0.2) is 12.6 Å². The Morgan fingerprint density at radius 3 is 2.58 bits per heavy atom. The fraction of sp³-hybridized carbons (Fsp3) is 1.00. The maximum absolute atomic E-state index is 3.56. The van der Waals surface area contributed by atoms with E-state index in [1.165, 1.54) is 38.6 Å². The largest absolute Gasteiger partial charge is 0.314 e. The molecule has 0 heterocycles. The van der Waals surface area contributed by atoms with E-state index in [2.05, 4.69) is 19.2 Å². The van der Waals surface area contributed by atoms with E-state index >= 15 is 0 Å². The second kappa shape index (κ2) is 3.02. The maximum Gasteiger partial charge on any atom is 0.00104 e. The molecule has 0 radical (unpaired) electrons. The highest BCUT2D eigenvalue weighted by Crippen LogP contribution is 2.62. The minimum Gasteiger partial charge on any atom is -0.314 e. The van der Waals surface area contributed by atoms with Gasteiger partial charge in [0.25, 0.3) is 0 Å². The highest BCUT2D eigenvalue weighted by atomic mass is 14.9. The van der Waals surface area contributed by atoms with Gasteiger partial charge in [0.15, 0.2) is 0 Å². The maximum atomic E-state index is 3.56. The van der Waals surface area contributed by atoms with Crippen LogP contribution in [0, 0.1) is 11.3 Å². The smallest absolute Gasteiger partial charge is 0.00104 e. The van der Waals surface area contributed by atoms with Crippen LogP contribution in [0.15, 0.2) is 0 Å². The standard InChI is InChI=1S/C11H21N/c1-9(2)12-8-10-7-11(10)5-3-4-6-11/h9-10,12H,3-8H2,1-2H3. The zero-order valence-electron chi connectivity index (χ0n) is 8.40. The van der Waals surface area contributed by atoms with Gasteiger partial charge in [0.2, 0.25) is 0 Å². The number of rotatable bonds is 3. The summed E-state index contributed by atoms with van der Waals surface area (Å²) < 4.78 is 0. The summed E-state index contributed by atoms with van der Waals surface area (Å²) in [7, 11) is 0. The third-order valence-electron chi connectivity index (χ3n) is 3.73. The first-order valence-electron chi connectivity index (χ1n) is 5.46.